The van der Waals surface area contributed by atoms with Crippen LogP contribution in [0.15, 0.2) is 17.1 Å². The van der Waals surface area contributed by atoms with Gasteiger partial charge in [-0.15, -0.1) is 0 Å². The van der Waals surface area contributed by atoms with E-state index in [0.29, 0.717) is 0 Å². The van der Waals surface area contributed by atoms with Crippen molar-refractivity contribution in [2.24, 2.45) is 4.99 Å². The highest BCUT2D eigenvalue weighted by Crippen LogP contribution is 2.01. The molecular weight excluding hydrogens is 202 g/mol. The van der Waals surface area contributed by atoms with E-state index < -0.39 is 18.7 Å². The van der Waals surface area contributed by atoms with Crippen molar-refractivity contribution >= 4 is 12.0 Å². The molecule has 15 heavy (non-hydrogen) atoms. The normalized spacial score (nSPS) is 11.3. The average Bonchev–Trinajstić information content (AvgIpc) is 2.25. The monoisotopic (exact) mass is 215 g/mol. The topological polar surface area (TPSA) is 96.2 Å². The van der Waals surface area contributed by atoms with Gasteiger partial charge in [0.05, 0.1) is 13.2 Å². The van der Waals surface area contributed by atoms with Gasteiger partial charge in [-0.05, 0) is 6.42 Å². The predicted molar refractivity (Wildman–Crippen MR) is 50.8 cm³/mol. The van der Waals surface area contributed by atoms with E-state index in [4.69, 9.17) is 10.2 Å². The predicted octanol–water partition coefficient (Wildman–Crippen LogP) is -0.835. The molecule has 6 heteroatoms. The third-order valence-corrected chi connectivity index (χ3v) is 1.50. The number of aliphatic hydroxyl groups is 2. The van der Waals surface area contributed by atoms with Crippen LogP contribution in [0.5, 0.6) is 0 Å². The Morgan fingerprint density at radius 1 is 1.60 bits per heavy atom. The molecule has 0 rings (SSSR count). The van der Waals surface area contributed by atoms with Crippen LogP contribution in [0.3, 0.4) is 0 Å². The second-order valence-electron chi connectivity index (χ2n) is 2.76. The first-order chi connectivity index (χ1) is 7.11. The molecule has 0 bridgehead atoms. The Morgan fingerprint density at radius 2 is 2.27 bits per heavy atom. The Morgan fingerprint density at radius 3 is 2.80 bits per heavy atom. The summed E-state index contributed by atoms with van der Waals surface area (Å²) >= 11 is 0. The molecule has 0 amide bonds. The molecule has 0 saturated carbocycles. The highest BCUT2D eigenvalue weighted by Gasteiger charge is 2.10. The Balaban J connectivity index is 3.79. The summed E-state index contributed by atoms with van der Waals surface area (Å²) in [4.78, 5) is 24.1. The van der Waals surface area contributed by atoms with Crippen molar-refractivity contribution in [3.63, 3.8) is 0 Å². The molecule has 0 aromatic rings. The number of isocyanates is 1. The molecule has 1 atom stereocenters. The van der Waals surface area contributed by atoms with E-state index >= 15 is 0 Å². The summed E-state index contributed by atoms with van der Waals surface area (Å²) in [6, 6.07) is 0. The lowest BCUT2D eigenvalue weighted by molar-refractivity contribution is -0.142. The van der Waals surface area contributed by atoms with Gasteiger partial charge in [0.15, 0.2) is 0 Å². The van der Waals surface area contributed by atoms with Crippen molar-refractivity contribution in [1.29, 1.82) is 0 Å². The first-order valence-electron chi connectivity index (χ1n) is 4.29. The zero-order valence-corrected chi connectivity index (χ0v) is 8.18. The van der Waals surface area contributed by atoms with Gasteiger partial charge < -0.3 is 14.9 Å². The van der Waals surface area contributed by atoms with Gasteiger partial charge in [-0.2, -0.15) is 0 Å². The van der Waals surface area contributed by atoms with Crippen LogP contribution in [-0.4, -0.2) is 48.1 Å². The fourth-order valence-corrected chi connectivity index (χ4v) is 0.665. The average molecular weight is 215 g/mol. The van der Waals surface area contributed by atoms with Crippen molar-refractivity contribution < 1.29 is 24.5 Å². The van der Waals surface area contributed by atoms with Crippen LogP contribution in [0.4, 0.5) is 0 Å². The quantitative estimate of drug-likeness (QED) is 0.250. The first-order valence-corrected chi connectivity index (χ1v) is 4.29. The van der Waals surface area contributed by atoms with Crippen LogP contribution >= 0.6 is 0 Å². The zero-order valence-electron chi connectivity index (χ0n) is 8.18. The number of aliphatic hydroxyl groups excluding tert-OH is 2. The van der Waals surface area contributed by atoms with Gasteiger partial charge in [0.25, 0.3) is 0 Å². The van der Waals surface area contributed by atoms with Crippen molar-refractivity contribution in [2.75, 3.05) is 19.8 Å². The highest BCUT2D eigenvalue weighted by atomic mass is 16.5. The fraction of sp³-hybridized carbons (Fsp3) is 0.556. The molecule has 6 nitrogen and oxygen atoms in total. The maximum Gasteiger partial charge on any atom is 0.333 e. The molecule has 0 radical (unpaired) electrons. The molecule has 84 valence electrons. The van der Waals surface area contributed by atoms with Crippen LogP contribution in [0.1, 0.15) is 6.42 Å². The molecule has 0 fully saturated rings. The molecular formula is C9H13NO5. The summed E-state index contributed by atoms with van der Waals surface area (Å²) in [6.07, 6.45) is 0.440. The Hall–Kier alpha value is -1.49. The third kappa shape index (κ3) is 6.56. The molecule has 0 aliphatic carbocycles. The van der Waals surface area contributed by atoms with Gasteiger partial charge in [0.2, 0.25) is 6.08 Å². The van der Waals surface area contributed by atoms with Crippen molar-refractivity contribution in [3.8, 4) is 0 Å². The van der Waals surface area contributed by atoms with E-state index in [2.05, 4.69) is 16.3 Å². The van der Waals surface area contributed by atoms with E-state index in [-0.39, 0.29) is 25.1 Å². The minimum absolute atomic E-state index is 0.125. The van der Waals surface area contributed by atoms with Crippen LogP contribution < -0.4 is 0 Å². The number of carbonyl (C=O) groups is 1. The minimum atomic E-state index is -1.09. The Labute approximate surface area is 86.9 Å². The number of hydrogen-bond donors (Lipinski definition) is 2. The number of ether oxygens (including phenoxy) is 1. The second-order valence-corrected chi connectivity index (χ2v) is 2.76. The molecule has 0 spiro atoms. The van der Waals surface area contributed by atoms with E-state index in [9.17, 15) is 9.59 Å². The summed E-state index contributed by atoms with van der Waals surface area (Å²) in [6.45, 7) is 2.78. The number of nitrogens with zero attached hydrogens (tertiary/aromatic N) is 1. The second kappa shape index (κ2) is 7.87. The lowest BCUT2D eigenvalue weighted by Gasteiger charge is -2.08. The molecule has 1 unspecified atom stereocenters. The van der Waals surface area contributed by atoms with E-state index in [1.165, 1.54) is 6.08 Å². The SMILES string of the molecule is C=C(CCN=C=O)C(=O)OCC(O)CO. The van der Waals surface area contributed by atoms with Gasteiger partial charge in [0, 0.05) is 5.57 Å². The number of aliphatic imine (C=N–C) groups is 1. The maximum absolute atomic E-state index is 11.1. The lowest BCUT2D eigenvalue weighted by Crippen LogP contribution is -2.22. The molecule has 2 N–H and O–H groups in total. The summed E-state index contributed by atoms with van der Waals surface area (Å²) in [5.74, 6) is -0.677. The van der Waals surface area contributed by atoms with Crippen LogP contribution in [0.2, 0.25) is 0 Å². The van der Waals surface area contributed by atoms with Gasteiger partial charge >= 0.3 is 5.97 Å². The fourth-order valence-electron chi connectivity index (χ4n) is 0.665. The summed E-state index contributed by atoms with van der Waals surface area (Å²) in [7, 11) is 0. The lowest BCUT2D eigenvalue weighted by atomic mass is 10.2. The van der Waals surface area contributed by atoms with E-state index in [1.807, 2.05) is 0 Å². The number of rotatable bonds is 7. The molecule has 0 saturated heterocycles. The van der Waals surface area contributed by atoms with Gasteiger partial charge in [-0.1, -0.05) is 6.58 Å². The van der Waals surface area contributed by atoms with E-state index in [0.717, 1.165) is 0 Å². The number of esters is 1. The molecule has 0 aliphatic rings. The van der Waals surface area contributed by atoms with Crippen LogP contribution in [0, 0.1) is 0 Å². The van der Waals surface area contributed by atoms with E-state index in [1.54, 1.807) is 0 Å². The smallest absolute Gasteiger partial charge is 0.333 e. The van der Waals surface area contributed by atoms with Crippen LogP contribution in [0.25, 0.3) is 0 Å². The zero-order chi connectivity index (χ0) is 11.7. The minimum Gasteiger partial charge on any atom is -0.459 e. The maximum atomic E-state index is 11.1. The number of hydrogen-bond acceptors (Lipinski definition) is 6. The van der Waals surface area contributed by atoms with Crippen LogP contribution in [-0.2, 0) is 14.3 Å². The largest absolute Gasteiger partial charge is 0.459 e. The first kappa shape index (κ1) is 13.5. The van der Waals surface area contributed by atoms with Gasteiger partial charge in [-0.3, -0.25) is 0 Å². The highest BCUT2D eigenvalue weighted by molar-refractivity contribution is 5.87. The Bertz CT molecular complexity index is 270. The summed E-state index contributed by atoms with van der Waals surface area (Å²) in [5.41, 5.74) is 0.152. The third-order valence-electron chi connectivity index (χ3n) is 1.50. The molecule has 0 aromatic heterocycles. The van der Waals surface area contributed by atoms with Crippen molar-refractivity contribution in [2.45, 2.75) is 12.5 Å². The van der Waals surface area contributed by atoms with Gasteiger partial charge in [-0.25, -0.2) is 14.6 Å². The molecule has 0 aromatic carbocycles. The molecule has 0 aliphatic heterocycles. The standard InChI is InChI=1S/C9H13NO5/c1-7(2-3-10-6-12)9(14)15-5-8(13)4-11/h8,11,13H,1-5H2. The Kier molecular flexibility index (Phi) is 7.09. The summed E-state index contributed by atoms with van der Waals surface area (Å²) in [5, 5.41) is 17.3. The van der Waals surface area contributed by atoms with Gasteiger partial charge in [0.1, 0.15) is 12.7 Å². The van der Waals surface area contributed by atoms with Crippen molar-refractivity contribution in [3.05, 3.63) is 12.2 Å². The number of carbonyl (C=O) groups excluding carboxylic acids is 2. The molecule has 0 heterocycles. The summed E-state index contributed by atoms with van der Waals surface area (Å²) < 4.78 is 4.60. The van der Waals surface area contributed by atoms with Crippen molar-refractivity contribution in [1.82, 2.24) is 0 Å².